The number of amides is 1. The fourth-order valence-corrected chi connectivity index (χ4v) is 3.67. The van der Waals surface area contributed by atoms with E-state index in [0.717, 1.165) is 32.2 Å². The number of nitrogens with zero attached hydrogens (tertiary/aromatic N) is 1. The molecule has 1 amide bonds. The maximum atomic E-state index is 12.4. The first-order valence-corrected chi connectivity index (χ1v) is 7.51. The van der Waals surface area contributed by atoms with Gasteiger partial charge in [-0.1, -0.05) is 34.1 Å². The molecular formula is C15H30N2O2. The highest BCUT2D eigenvalue weighted by molar-refractivity contribution is 5.69. The van der Waals surface area contributed by atoms with E-state index in [0.29, 0.717) is 6.61 Å². The van der Waals surface area contributed by atoms with Crippen molar-refractivity contribution in [2.45, 2.75) is 71.9 Å². The summed E-state index contributed by atoms with van der Waals surface area (Å²) in [6.07, 6.45) is 3.70. The molecular weight excluding hydrogens is 240 g/mol. The molecule has 0 bridgehead atoms. The van der Waals surface area contributed by atoms with E-state index in [4.69, 9.17) is 10.5 Å². The molecule has 1 heterocycles. The highest BCUT2D eigenvalue weighted by Crippen LogP contribution is 2.44. The summed E-state index contributed by atoms with van der Waals surface area (Å²) in [5.41, 5.74) is 6.09. The van der Waals surface area contributed by atoms with Crippen LogP contribution in [0.3, 0.4) is 0 Å². The molecule has 0 saturated carbocycles. The molecule has 0 aromatic carbocycles. The van der Waals surface area contributed by atoms with Crippen molar-refractivity contribution in [3.63, 3.8) is 0 Å². The minimum Gasteiger partial charge on any atom is -0.450 e. The Morgan fingerprint density at radius 2 is 2.00 bits per heavy atom. The van der Waals surface area contributed by atoms with Crippen molar-refractivity contribution in [3.8, 4) is 0 Å². The number of carbonyl (C=O) groups excluding carboxylic acids is 1. The maximum Gasteiger partial charge on any atom is 0.410 e. The standard InChI is InChI=1S/C15H30N2O2/c1-6-15(14(3,4)5)12(16)10-8-9-11-17(15)13(18)19-7-2/h12H,6-11,16H2,1-5H3. The molecule has 0 spiro atoms. The Balaban J connectivity index is 3.23. The van der Waals surface area contributed by atoms with Crippen molar-refractivity contribution >= 4 is 6.09 Å². The number of nitrogens with two attached hydrogens (primary N) is 1. The lowest BCUT2D eigenvalue weighted by Gasteiger charge is -2.53. The molecule has 1 saturated heterocycles. The van der Waals surface area contributed by atoms with Gasteiger partial charge in [-0.2, -0.15) is 0 Å². The molecule has 1 fully saturated rings. The van der Waals surface area contributed by atoms with Gasteiger partial charge in [0.05, 0.1) is 12.1 Å². The molecule has 1 aliphatic rings. The van der Waals surface area contributed by atoms with Gasteiger partial charge in [-0.05, 0) is 31.6 Å². The van der Waals surface area contributed by atoms with Gasteiger partial charge < -0.3 is 15.4 Å². The number of ether oxygens (including phenoxy) is 1. The van der Waals surface area contributed by atoms with Crippen LogP contribution in [-0.4, -0.2) is 35.7 Å². The lowest BCUT2D eigenvalue weighted by Crippen LogP contribution is -2.67. The Labute approximate surface area is 117 Å². The predicted molar refractivity (Wildman–Crippen MR) is 78.0 cm³/mol. The van der Waals surface area contributed by atoms with Crippen LogP contribution in [0.5, 0.6) is 0 Å². The van der Waals surface area contributed by atoms with E-state index in [9.17, 15) is 4.79 Å². The third kappa shape index (κ3) is 2.88. The van der Waals surface area contributed by atoms with Crippen molar-refractivity contribution in [1.82, 2.24) is 4.90 Å². The summed E-state index contributed by atoms with van der Waals surface area (Å²) in [5, 5.41) is 0. The second-order valence-corrected chi connectivity index (χ2v) is 6.48. The average Bonchev–Trinajstić information content (AvgIpc) is 2.48. The summed E-state index contributed by atoms with van der Waals surface area (Å²) in [4.78, 5) is 14.3. The SMILES string of the molecule is CCOC(=O)N1CCCCC(N)C1(CC)C(C)(C)C. The fourth-order valence-electron chi connectivity index (χ4n) is 3.67. The third-order valence-electron chi connectivity index (χ3n) is 4.57. The quantitative estimate of drug-likeness (QED) is 0.838. The van der Waals surface area contributed by atoms with Crippen molar-refractivity contribution in [2.75, 3.05) is 13.2 Å². The second-order valence-electron chi connectivity index (χ2n) is 6.48. The number of carbonyl (C=O) groups is 1. The zero-order chi connectivity index (χ0) is 14.7. The zero-order valence-electron chi connectivity index (χ0n) is 13.2. The van der Waals surface area contributed by atoms with E-state index < -0.39 is 0 Å². The monoisotopic (exact) mass is 270 g/mol. The first kappa shape index (κ1) is 16.3. The Morgan fingerprint density at radius 3 is 2.47 bits per heavy atom. The first-order valence-electron chi connectivity index (χ1n) is 7.51. The van der Waals surface area contributed by atoms with Gasteiger partial charge in [0, 0.05) is 12.6 Å². The van der Waals surface area contributed by atoms with E-state index >= 15 is 0 Å². The van der Waals surface area contributed by atoms with E-state index in [1.54, 1.807) is 0 Å². The van der Waals surface area contributed by atoms with Crippen LogP contribution in [0.25, 0.3) is 0 Å². The Morgan fingerprint density at radius 1 is 1.37 bits per heavy atom. The fraction of sp³-hybridized carbons (Fsp3) is 0.933. The lowest BCUT2D eigenvalue weighted by molar-refractivity contribution is -0.0232. The Bertz CT molecular complexity index is 312. The van der Waals surface area contributed by atoms with Crippen LogP contribution in [0, 0.1) is 5.41 Å². The van der Waals surface area contributed by atoms with Crippen molar-refractivity contribution in [2.24, 2.45) is 11.1 Å². The predicted octanol–water partition coefficient (Wildman–Crippen LogP) is 3.15. The molecule has 4 nitrogen and oxygen atoms in total. The van der Waals surface area contributed by atoms with Crippen LogP contribution in [-0.2, 0) is 4.74 Å². The van der Waals surface area contributed by atoms with Crippen LogP contribution in [0.2, 0.25) is 0 Å². The molecule has 1 aliphatic heterocycles. The molecule has 2 unspecified atom stereocenters. The van der Waals surface area contributed by atoms with Gasteiger partial charge >= 0.3 is 6.09 Å². The molecule has 0 aromatic heterocycles. The summed E-state index contributed by atoms with van der Waals surface area (Å²) in [5.74, 6) is 0. The molecule has 1 rings (SSSR count). The summed E-state index contributed by atoms with van der Waals surface area (Å²) in [6, 6.07) is 0.00408. The zero-order valence-corrected chi connectivity index (χ0v) is 13.2. The summed E-state index contributed by atoms with van der Waals surface area (Å²) in [6.45, 7) is 11.7. The smallest absolute Gasteiger partial charge is 0.410 e. The van der Waals surface area contributed by atoms with Crippen LogP contribution < -0.4 is 5.73 Å². The number of likely N-dealkylation sites (tertiary alicyclic amines) is 1. The summed E-state index contributed by atoms with van der Waals surface area (Å²) >= 11 is 0. The van der Waals surface area contributed by atoms with Gasteiger partial charge in [0.2, 0.25) is 0 Å². The third-order valence-corrected chi connectivity index (χ3v) is 4.57. The van der Waals surface area contributed by atoms with E-state index in [2.05, 4.69) is 27.7 Å². The first-order chi connectivity index (χ1) is 8.81. The Kier molecular flexibility index (Phi) is 5.25. The molecule has 112 valence electrons. The molecule has 0 aliphatic carbocycles. The van der Waals surface area contributed by atoms with Gasteiger partial charge in [-0.15, -0.1) is 0 Å². The highest BCUT2D eigenvalue weighted by Gasteiger charge is 2.52. The largest absolute Gasteiger partial charge is 0.450 e. The van der Waals surface area contributed by atoms with Crippen molar-refractivity contribution in [1.29, 1.82) is 0 Å². The van der Waals surface area contributed by atoms with E-state index in [-0.39, 0.29) is 23.1 Å². The summed E-state index contributed by atoms with van der Waals surface area (Å²) in [7, 11) is 0. The van der Waals surface area contributed by atoms with Gasteiger partial charge in [0.15, 0.2) is 0 Å². The highest BCUT2D eigenvalue weighted by atomic mass is 16.6. The molecule has 4 heteroatoms. The van der Waals surface area contributed by atoms with Gasteiger partial charge in [0.25, 0.3) is 0 Å². The van der Waals surface area contributed by atoms with Crippen LogP contribution in [0.15, 0.2) is 0 Å². The van der Waals surface area contributed by atoms with Gasteiger partial charge in [0.1, 0.15) is 0 Å². The topological polar surface area (TPSA) is 55.6 Å². The molecule has 2 atom stereocenters. The molecule has 0 radical (unpaired) electrons. The lowest BCUT2D eigenvalue weighted by atomic mass is 9.66. The van der Waals surface area contributed by atoms with Crippen molar-refractivity contribution < 1.29 is 9.53 Å². The molecule has 19 heavy (non-hydrogen) atoms. The summed E-state index contributed by atoms with van der Waals surface area (Å²) < 4.78 is 5.27. The van der Waals surface area contributed by atoms with E-state index in [1.807, 2.05) is 11.8 Å². The van der Waals surface area contributed by atoms with Gasteiger partial charge in [-0.3, -0.25) is 0 Å². The number of hydrogen-bond acceptors (Lipinski definition) is 3. The molecule has 2 N–H and O–H groups in total. The minimum absolute atomic E-state index is 0.00408. The number of hydrogen-bond donors (Lipinski definition) is 1. The van der Waals surface area contributed by atoms with Crippen LogP contribution >= 0.6 is 0 Å². The van der Waals surface area contributed by atoms with Crippen molar-refractivity contribution in [3.05, 3.63) is 0 Å². The van der Waals surface area contributed by atoms with E-state index in [1.165, 1.54) is 0 Å². The normalized spacial score (nSPS) is 28.9. The second kappa shape index (κ2) is 6.12. The van der Waals surface area contributed by atoms with Crippen LogP contribution in [0.1, 0.15) is 60.3 Å². The number of rotatable bonds is 2. The van der Waals surface area contributed by atoms with Crippen LogP contribution in [0.4, 0.5) is 4.79 Å². The van der Waals surface area contributed by atoms with Gasteiger partial charge in [-0.25, -0.2) is 4.79 Å². The minimum atomic E-state index is -0.324. The Hall–Kier alpha value is -0.770. The molecule has 0 aromatic rings. The maximum absolute atomic E-state index is 12.4. The average molecular weight is 270 g/mol.